The Bertz CT molecular complexity index is 1050. The number of rotatable bonds is 5. The molecule has 30 heavy (non-hydrogen) atoms. The monoisotopic (exact) mass is 496 g/mol. The van der Waals surface area contributed by atoms with Crippen molar-refractivity contribution in [2.45, 2.75) is 12.7 Å². The SMILES string of the molecule is Cc1ccc(C(=O)N2CCN(C(=O)CS(=O)(=O)Cc3ccc(Br)cc3)CC2)cc1F. The molecule has 0 N–H and O–H groups in total. The van der Waals surface area contributed by atoms with Crippen molar-refractivity contribution < 1.29 is 22.4 Å². The van der Waals surface area contributed by atoms with Gasteiger partial charge >= 0.3 is 0 Å². The summed E-state index contributed by atoms with van der Waals surface area (Å²) in [6.07, 6.45) is 0. The zero-order valence-electron chi connectivity index (χ0n) is 16.5. The van der Waals surface area contributed by atoms with Crippen molar-refractivity contribution in [3.05, 3.63) is 69.4 Å². The summed E-state index contributed by atoms with van der Waals surface area (Å²) in [5.74, 6) is -1.99. The summed E-state index contributed by atoms with van der Waals surface area (Å²) in [7, 11) is -3.61. The Hall–Kier alpha value is -2.26. The second-order valence-corrected chi connectivity index (χ2v) is 10.3. The van der Waals surface area contributed by atoms with Gasteiger partial charge in [-0.2, -0.15) is 0 Å². The molecule has 1 heterocycles. The maximum atomic E-state index is 13.7. The highest BCUT2D eigenvalue weighted by Gasteiger charge is 2.28. The van der Waals surface area contributed by atoms with Gasteiger partial charge in [-0.05, 0) is 42.3 Å². The number of hydrogen-bond donors (Lipinski definition) is 0. The maximum absolute atomic E-state index is 13.7. The van der Waals surface area contributed by atoms with E-state index in [0.717, 1.165) is 4.47 Å². The van der Waals surface area contributed by atoms with Gasteiger partial charge in [0.05, 0.1) is 5.75 Å². The van der Waals surface area contributed by atoms with Crippen LogP contribution in [-0.2, 0) is 20.4 Å². The zero-order chi connectivity index (χ0) is 21.9. The number of carbonyl (C=O) groups excluding carboxylic acids is 2. The normalized spacial score (nSPS) is 14.6. The molecule has 0 aliphatic carbocycles. The molecule has 0 atom stereocenters. The summed E-state index contributed by atoms with van der Waals surface area (Å²) in [6.45, 7) is 2.65. The number of halogens is 2. The molecule has 3 rings (SSSR count). The van der Waals surface area contributed by atoms with E-state index in [1.54, 1.807) is 48.2 Å². The Kier molecular flexibility index (Phi) is 6.92. The summed E-state index contributed by atoms with van der Waals surface area (Å²) < 4.78 is 39.4. The zero-order valence-corrected chi connectivity index (χ0v) is 18.9. The average molecular weight is 497 g/mol. The molecule has 6 nitrogen and oxygen atoms in total. The first kappa shape index (κ1) is 22.4. The summed E-state index contributed by atoms with van der Waals surface area (Å²) in [5.41, 5.74) is 1.34. The molecule has 0 spiro atoms. The van der Waals surface area contributed by atoms with E-state index in [2.05, 4.69) is 15.9 Å². The number of benzene rings is 2. The van der Waals surface area contributed by atoms with Gasteiger partial charge in [0.25, 0.3) is 5.91 Å². The molecule has 1 fully saturated rings. The summed E-state index contributed by atoms with van der Waals surface area (Å²) in [5, 5.41) is 0. The third kappa shape index (κ3) is 5.66. The molecule has 2 aromatic rings. The number of sulfone groups is 1. The maximum Gasteiger partial charge on any atom is 0.254 e. The topological polar surface area (TPSA) is 74.8 Å². The van der Waals surface area contributed by atoms with Gasteiger partial charge in [0.2, 0.25) is 5.91 Å². The summed E-state index contributed by atoms with van der Waals surface area (Å²) >= 11 is 3.30. The van der Waals surface area contributed by atoms with E-state index in [9.17, 15) is 22.4 Å². The van der Waals surface area contributed by atoms with Crippen LogP contribution in [0.1, 0.15) is 21.5 Å². The van der Waals surface area contributed by atoms with Crippen molar-refractivity contribution in [1.29, 1.82) is 0 Å². The van der Waals surface area contributed by atoms with Gasteiger partial charge in [0.15, 0.2) is 9.84 Å². The molecule has 0 bridgehead atoms. The number of amides is 2. The van der Waals surface area contributed by atoms with Crippen LogP contribution in [0.15, 0.2) is 46.9 Å². The molecule has 0 unspecified atom stereocenters. The molecule has 0 saturated carbocycles. The molecule has 2 aromatic carbocycles. The predicted octanol–water partition coefficient (Wildman–Crippen LogP) is 2.80. The molecule has 160 valence electrons. The Morgan fingerprint density at radius 2 is 1.60 bits per heavy atom. The Labute approximate surface area is 183 Å². The lowest BCUT2D eigenvalue weighted by molar-refractivity contribution is -0.129. The molecule has 0 radical (unpaired) electrons. The van der Waals surface area contributed by atoms with Crippen molar-refractivity contribution >= 4 is 37.6 Å². The quantitative estimate of drug-likeness (QED) is 0.637. The van der Waals surface area contributed by atoms with Crippen LogP contribution >= 0.6 is 15.9 Å². The fraction of sp³-hybridized carbons (Fsp3) is 0.333. The fourth-order valence-electron chi connectivity index (χ4n) is 3.23. The number of nitrogens with zero attached hydrogens (tertiary/aromatic N) is 2. The molecule has 1 aliphatic heterocycles. The Balaban J connectivity index is 1.55. The van der Waals surface area contributed by atoms with Crippen LogP contribution in [0, 0.1) is 12.7 Å². The Morgan fingerprint density at radius 1 is 1.00 bits per heavy atom. The molecule has 2 amide bonds. The molecule has 1 saturated heterocycles. The van der Waals surface area contributed by atoms with Crippen LogP contribution in [0.3, 0.4) is 0 Å². The number of piperazine rings is 1. The minimum Gasteiger partial charge on any atom is -0.338 e. The molecule has 9 heteroatoms. The minimum atomic E-state index is -3.61. The van der Waals surface area contributed by atoms with E-state index in [0.29, 0.717) is 11.1 Å². The van der Waals surface area contributed by atoms with Crippen LogP contribution in [0.25, 0.3) is 0 Å². The fourth-order valence-corrected chi connectivity index (χ4v) is 4.86. The van der Waals surface area contributed by atoms with E-state index >= 15 is 0 Å². The summed E-state index contributed by atoms with van der Waals surface area (Å²) in [6, 6.07) is 11.2. The number of aryl methyl sites for hydroxylation is 1. The van der Waals surface area contributed by atoms with Crippen LogP contribution in [-0.4, -0.2) is 62.0 Å². The lowest BCUT2D eigenvalue weighted by Crippen LogP contribution is -2.51. The van der Waals surface area contributed by atoms with Crippen molar-refractivity contribution in [1.82, 2.24) is 9.80 Å². The first-order valence-electron chi connectivity index (χ1n) is 9.43. The van der Waals surface area contributed by atoms with Gasteiger partial charge in [-0.15, -0.1) is 0 Å². The third-order valence-electron chi connectivity index (χ3n) is 4.98. The number of carbonyl (C=O) groups is 2. The predicted molar refractivity (Wildman–Crippen MR) is 115 cm³/mol. The highest BCUT2D eigenvalue weighted by atomic mass is 79.9. The van der Waals surface area contributed by atoms with E-state index in [-0.39, 0.29) is 43.4 Å². The molecule has 1 aliphatic rings. The summed E-state index contributed by atoms with van der Waals surface area (Å²) in [4.78, 5) is 28.0. The van der Waals surface area contributed by atoms with Crippen molar-refractivity contribution in [3.63, 3.8) is 0 Å². The van der Waals surface area contributed by atoms with Crippen molar-refractivity contribution in [3.8, 4) is 0 Å². The van der Waals surface area contributed by atoms with Crippen molar-refractivity contribution in [2.24, 2.45) is 0 Å². The smallest absolute Gasteiger partial charge is 0.254 e. The van der Waals surface area contributed by atoms with Crippen LogP contribution < -0.4 is 0 Å². The van der Waals surface area contributed by atoms with E-state index < -0.39 is 27.3 Å². The third-order valence-corrected chi connectivity index (χ3v) is 6.97. The van der Waals surface area contributed by atoms with E-state index in [1.165, 1.54) is 11.0 Å². The lowest BCUT2D eigenvalue weighted by atomic mass is 10.1. The van der Waals surface area contributed by atoms with Gasteiger partial charge in [-0.3, -0.25) is 9.59 Å². The van der Waals surface area contributed by atoms with Crippen LogP contribution in [0.5, 0.6) is 0 Å². The lowest BCUT2D eigenvalue weighted by Gasteiger charge is -2.34. The van der Waals surface area contributed by atoms with Gasteiger partial charge in [-0.25, -0.2) is 12.8 Å². The first-order valence-corrected chi connectivity index (χ1v) is 12.0. The van der Waals surface area contributed by atoms with Crippen LogP contribution in [0.4, 0.5) is 4.39 Å². The van der Waals surface area contributed by atoms with Gasteiger partial charge in [-0.1, -0.05) is 34.1 Å². The minimum absolute atomic E-state index is 0.205. The molecule has 0 aromatic heterocycles. The van der Waals surface area contributed by atoms with Gasteiger partial charge in [0, 0.05) is 36.2 Å². The van der Waals surface area contributed by atoms with Crippen molar-refractivity contribution in [2.75, 3.05) is 31.9 Å². The standard InChI is InChI=1S/C21H22BrFN2O4S/c1-15-2-5-17(12-19(15)23)21(27)25-10-8-24(9-11-25)20(26)14-30(28,29)13-16-3-6-18(22)7-4-16/h2-7,12H,8-11,13-14H2,1H3. The highest BCUT2D eigenvalue weighted by Crippen LogP contribution is 2.15. The Morgan fingerprint density at radius 3 is 2.20 bits per heavy atom. The van der Waals surface area contributed by atoms with E-state index in [1.807, 2.05) is 0 Å². The molecular formula is C21H22BrFN2O4S. The number of hydrogen-bond acceptors (Lipinski definition) is 4. The van der Waals surface area contributed by atoms with Gasteiger partial charge < -0.3 is 9.80 Å². The molecular weight excluding hydrogens is 475 g/mol. The van der Waals surface area contributed by atoms with Crippen LogP contribution in [0.2, 0.25) is 0 Å². The van der Waals surface area contributed by atoms with Gasteiger partial charge in [0.1, 0.15) is 11.6 Å². The second-order valence-electron chi connectivity index (χ2n) is 7.30. The highest BCUT2D eigenvalue weighted by molar-refractivity contribution is 9.10. The first-order chi connectivity index (χ1) is 14.1. The van der Waals surface area contributed by atoms with E-state index in [4.69, 9.17) is 0 Å². The average Bonchev–Trinajstić information content (AvgIpc) is 2.71. The second kappa shape index (κ2) is 9.26. The largest absolute Gasteiger partial charge is 0.338 e.